The van der Waals surface area contributed by atoms with Crippen LogP contribution in [0.2, 0.25) is 0 Å². The van der Waals surface area contributed by atoms with E-state index in [0.29, 0.717) is 12.5 Å². The minimum Gasteiger partial charge on any atom is -0.441 e. The standard InChI is InChI=1S/C9H17NO2/c1-7(2)5-10-6-9(3,4)12-8(10)11/h7H,5-6H2,1-4H3. The summed E-state index contributed by atoms with van der Waals surface area (Å²) in [7, 11) is 0. The smallest absolute Gasteiger partial charge is 0.410 e. The van der Waals surface area contributed by atoms with Crippen LogP contribution in [0.3, 0.4) is 0 Å². The molecule has 0 bridgehead atoms. The van der Waals surface area contributed by atoms with E-state index in [1.807, 2.05) is 13.8 Å². The first-order chi connectivity index (χ1) is 5.41. The number of hydrogen-bond acceptors (Lipinski definition) is 2. The van der Waals surface area contributed by atoms with Gasteiger partial charge < -0.3 is 9.64 Å². The van der Waals surface area contributed by atoms with Gasteiger partial charge in [0.2, 0.25) is 0 Å². The van der Waals surface area contributed by atoms with E-state index in [0.717, 1.165) is 6.54 Å². The van der Waals surface area contributed by atoms with Gasteiger partial charge in [0.05, 0.1) is 6.54 Å². The molecule has 0 unspecified atom stereocenters. The summed E-state index contributed by atoms with van der Waals surface area (Å²) >= 11 is 0. The fraction of sp³-hybridized carbons (Fsp3) is 0.889. The van der Waals surface area contributed by atoms with Gasteiger partial charge in [-0.25, -0.2) is 4.79 Å². The van der Waals surface area contributed by atoms with E-state index in [1.165, 1.54) is 0 Å². The fourth-order valence-corrected chi connectivity index (χ4v) is 1.44. The van der Waals surface area contributed by atoms with E-state index < -0.39 is 0 Å². The molecule has 1 aliphatic heterocycles. The predicted molar refractivity (Wildman–Crippen MR) is 47.0 cm³/mol. The lowest BCUT2D eigenvalue weighted by Crippen LogP contribution is -2.31. The largest absolute Gasteiger partial charge is 0.441 e. The van der Waals surface area contributed by atoms with E-state index in [4.69, 9.17) is 4.74 Å². The third-order valence-electron chi connectivity index (χ3n) is 1.78. The van der Waals surface area contributed by atoms with Crippen molar-refractivity contribution in [2.45, 2.75) is 33.3 Å². The summed E-state index contributed by atoms with van der Waals surface area (Å²) in [4.78, 5) is 13.0. The molecule has 1 rings (SSSR count). The number of carbonyl (C=O) groups is 1. The van der Waals surface area contributed by atoms with Crippen LogP contribution in [0.4, 0.5) is 4.79 Å². The molecule has 0 spiro atoms. The van der Waals surface area contributed by atoms with E-state index in [9.17, 15) is 4.79 Å². The molecule has 0 aliphatic carbocycles. The SMILES string of the molecule is CC(C)CN1CC(C)(C)OC1=O. The van der Waals surface area contributed by atoms with Gasteiger partial charge in [-0.15, -0.1) is 0 Å². The van der Waals surface area contributed by atoms with Crippen LogP contribution in [-0.4, -0.2) is 29.7 Å². The van der Waals surface area contributed by atoms with Crippen LogP contribution >= 0.6 is 0 Å². The van der Waals surface area contributed by atoms with Crippen molar-refractivity contribution < 1.29 is 9.53 Å². The van der Waals surface area contributed by atoms with Crippen molar-refractivity contribution in [3.05, 3.63) is 0 Å². The summed E-state index contributed by atoms with van der Waals surface area (Å²) in [6, 6.07) is 0. The molecule has 0 N–H and O–H groups in total. The Morgan fingerprint density at radius 3 is 2.50 bits per heavy atom. The Kier molecular flexibility index (Phi) is 2.31. The maximum absolute atomic E-state index is 11.2. The van der Waals surface area contributed by atoms with Gasteiger partial charge in [0.15, 0.2) is 0 Å². The molecule has 0 aromatic heterocycles. The molecule has 0 saturated carbocycles. The zero-order valence-corrected chi connectivity index (χ0v) is 8.26. The van der Waals surface area contributed by atoms with Crippen molar-refractivity contribution in [3.8, 4) is 0 Å². The van der Waals surface area contributed by atoms with Crippen LogP contribution in [0.25, 0.3) is 0 Å². The van der Waals surface area contributed by atoms with Crippen LogP contribution < -0.4 is 0 Å². The summed E-state index contributed by atoms with van der Waals surface area (Å²) in [6.07, 6.45) is -0.172. The maximum Gasteiger partial charge on any atom is 0.410 e. The Hall–Kier alpha value is -0.730. The van der Waals surface area contributed by atoms with E-state index in [1.54, 1.807) is 4.90 Å². The summed E-state index contributed by atoms with van der Waals surface area (Å²) in [6.45, 7) is 9.57. The second-order valence-corrected chi connectivity index (χ2v) is 4.40. The van der Waals surface area contributed by atoms with Gasteiger partial charge in [0.25, 0.3) is 0 Å². The molecule has 1 aliphatic rings. The summed E-state index contributed by atoms with van der Waals surface area (Å²) in [5.74, 6) is 0.506. The van der Waals surface area contributed by atoms with E-state index in [-0.39, 0.29) is 11.7 Å². The van der Waals surface area contributed by atoms with Gasteiger partial charge in [-0.1, -0.05) is 13.8 Å². The zero-order chi connectivity index (χ0) is 9.35. The van der Waals surface area contributed by atoms with Crippen LogP contribution in [0.1, 0.15) is 27.7 Å². The van der Waals surface area contributed by atoms with Gasteiger partial charge in [-0.05, 0) is 19.8 Å². The lowest BCUT2D eigenvalue weighted by atomic mass is 10.1. The molecule has 3 heteroatoms. The molecule has 1 heterocycles. The van der Waals surface area contributed by atoms with Crippen molar-refractivity contribution in [2.75, 3.05) is 13.1 Å². The molecular formula is C9H17NO2. The van der Waals surface area contributed by atoms with Gasteiger partial charge in [0, 0.05) is 6.54 Å². The molecular weight excluding hydrogens is 154 g/mol. The molecule has 1 fully saturated rings. The Morgan fingerprint density at radius 1 is 1.58 bits per heavy atom. The van der Waals surface area contributed by atoms with Crippen molar-refractivity contribution in [1.29, 1.82) is 0 Å². The highest BCUT2D eigenvalue weighted by atomic mass is 16.6. The quantitative estimate of drug-likeness (QED) is 0.634. The minimum atomic E-state index is -0.300. The van der Waals surface area contributed by atoms with Crippen molar-refractivity contribution in [3.63, 3.8) is 0 Å². The van der Waals surface area contributed by atoms with Crippen molar-refractivity contribution in [1.82, 2.24) is 4.90 Å². The Bertz CT molecular complexity index is 187. The first kappa shape index (κ1) is 9.36. The summed E-state index contributed by atoms with van der Waals surface area (Å²) in [5.41, 5.74) is -0.300. The fourth-order valence-electron chi connectivity index (χ4n) is 1.44. The molecule has 0 radical (unpaired) electrons. The Labute approximate surface area is 73.7 Å². The first-order valence-electron chi connectivity index (χ1n) is 4.38. The highest BCUT2D eigenvalue weighted by Crippen LogP contribution is 2.21. The maximum atomic E-state index is 11.2. The molecule has 70 valence electrons. The summed E-state index contributed by atoms with van der Waals surface area (Å²) in [5, 5.41) is 0. The molecule has 1 amide bonds. The lowest BCUT2D eigenvalue weighted by molar-refractivity contribution is 0.0858. The number of amides is 1. The lowest BCUT2D eigenvalue weighted by Gasteiger charge is -2.16. The molecule has 0 atom stereocenters. The molecule has 0 aromatic rings. The second-order valence-electron chi connectivity index (χ2n) is 4.40. The third-order valence-corrected chi connectivity index (χ3v) is 1.78. The van der Waals surface area contributed by atoms with Crippen molar-refractivity contribution >= 4 is 6.09 Å². The monoisotopic (exact) mass is 171 g/mol. The molecule has 0 aromatic carbocycles. The normalized spacial score (nSPS) is 21.8. The third kappa shape index (κ3) is 2.13. The average Bonchev–Trinajstić information content (AvgIpc) is 2.03. The zero-order valence-electron chi connectivity index (χ0n) is 8.26. The van der Waals surface area contributed by atoms with E-state index >= 15 is 0 Å². The van der Waals surface area contributed by atoms with Gasteiger partial charge >= 0.3 is 6.09 Å². The van der Waals surface area contributed by atoms with Crippen LogP contribution in [-0.2, 0) is 4.74 Å². The number of ether oxygens (including phenoxy) is 1. The number of rotatable bonds is 2. The topological polar surface area (TPSA) is 29.5 Å². The van der Waals surface area contributed by atoms with Crippen LogP contribution in [0.15, 0.2) is 0 Å². The highest BCUT2D eigenvalue weighted by Gasteiger charge is 2.37. The Morgan fingerprint density at radius 2 is 2.17 bits per heavy atom. The van der Waals surface area contributed by atoms with E-state index in [2.05, 4.69) is 13.8 Å². The average molecular weight is 171 g/mol. The molecule has 1 saturated heterocycles. The summed E-state index contributed by atoms with van der Waals surface area (Å²) < 4.78 is 5.15. The van der Waals surface area contributed by atoms with Gasteiger partial charge in [-0.3, -0.25) is 0 Å². The highest BCUT2D eigenvalue weighted by molar-refractivity contribution is 5.70. The van der Waals surface area contributed by atoms with Gasteiger partial charge in [0.1, 0.15) is 5.60 Å². The predicted octanol–water partition coefficient (Wildman–Crippen LogP) is 1.87. The molecule has 3 nitrogen and oxygen atoms in total. The number of cyclic esters (lactones) is 1. The Balaban J connectivity index is 2.53. The van der Waals surface area contributed by atoms with Gasteiger partial charge in [-0.2, -0.15) is 0 Å². The molecule has 12 heavy (non-hydrogen) atoms. The van der Waals surface area contributed by atoms with Crippen molar-refractivity contribution in [2.24, 2.45) is 5.92 Å². The van der Waals surface area contributed by atoms with Crippen LogP contribution in [0.5, 0.6) is 0 Å². The number of nitrogens with zero attached hydrogens (tertiary/aromatic N) is 1. The number of carbonyl (C=O) groups excluding carboxylic acids is 1. The van der Waals surface area contributed by atoms with Crippen LogP contribution in [0, 0.1) is 5.92 Å². The second kappa shape index (κ2) is 2.96. The minimum absolute atomic E-state index is 0.172. The first-order valence-corrected chi connectivity index (χ1v) is 4.38. The number of hydrogen-bond donors (Lipinski definition) is 0.